The maximum atomic E-state index is 11.3. The van der Waals surface area contributed by atoms with E-state index in [0.717, 1.165) is 49.1 Å². The fourth-order valence-corrected chi connectivity index (χ4v) is 8.47. The van der Waals surface area contributed by atoms with Gasteiger partial charge in [0.1, 0.15) is 5.84 Å². The minimum absolute atomic E-state index is 0.218. The molecule has 182 valence electrons. The van der Waals surface area contributed by atoms with Crippen LogP contribution in [0.5, 0.6) is 0 Å². The number of benzene rings is 1. The van der Waals surface area contributed by atoms with Crippen LogP contribution in [0.15, 0.2) is 30.3 Å². The largest absolute Gasteiger partial charge is 0.355 e. The van der Waals surface area contributed by atoms with E-state index in [-0.39, 0.29) is 5.41 Å². The van der Waals surface area contributed by atoms with Crippen LogP contribution in [-0.4, -0.2) is 18.3 Å². The third-order valence-corrected chi connectivity index (χ3v) is 10.2. The first kappa shape index (κ1) is 24.3. The highest BCUT2D eigenvalue weighted by molar-refractivity contribution is 5.94. The van der Waals surface area contributed by atoms with Gasteiger partial charge in [0.25, 0.3) is 0 Å². The van der Waals surface area contributed by atoms with Crippen molar-refractivity contribution in [3.63, 3.8) is 0 Å². The lowest BCUT2D eigenvalue weighted by molar-refractivity contribution is -0.116. The molecule has 3 aliphatic carbocycles. The van der Waals surface area contributed by atoms with E-state index in [1.54, 1.807) is 5.01 Å². The maximum absolute atomic E-state index is 11.3. The molecule has 3 aliphatic rings. The molecule has 0 spiro atoms. The van der Waals surface area contributed by atoms with Crippen LogP contribution in [0.25, 0.3) is 0 Å². The number of amides is 1. The maximum Gasteiger partial charge on any atom is 0.207 e. The van der Waals surface area contributed by atoms with Gasteiger partial charge >= 0.3 is 0 Å². The second kappa shape index (κ2) is 9.77. The molecule has 5 nitrogen and oxygen atoms in total. The molecule has 4 rings (SSSR count). The Labute approximate surface area is 200 Å². The van der Waals surface area contributed by atoms with Crippen molar-refractivity contribution >= 4 is 17.9 Å². The summed E-state index contributed by atoms with van der Waals surface area (Å²) in [5, 5.41) is 13.3. The lowest BCUT2D eigenvalue weighted by Crippen LogP contribution is -2.57. The van der Waals surface area contributed by atoms with E-state index in [1.807, 2.05) is 30.3 Å². The monoisotopic (exact) mass is 452 g/mol. The van der Waals surface area contributed by atoms with Gasteiger partial charge in [-0.05, 0) is 98.0 Å². The van der Waals surface area contributed by atoms with Gasteiger partial charge in [0.15, 0.2) is 0 Å². The SMILES string of the molecule is CCCC1(C)C(NC=O)CCC2C3CCC(CCC(=N)N(N)c4ccccc4)C3(C)CCC21. The smallest absolute Gasteiger partial charge is 0.207 e. The Hall–Kier alpha value is -1.88. The number of nitrogens with one attached hydrogen (secondary N) is 2. The van der Waals surface area contributed by atoms with E-state index in [9.17, 15) is 4.79 Å². The van der Waals surface area contributed by atoms with E-state index in [4.69, 9.17) is 11.3 Å². The Morgan fingerprint density at radius 2 is 1.91 bits per heavy atom. The molecule has 1 aromatic carbocycles. The summed E-state index contributed by atoms with van der Waals surface area (Å²) in [5.41, 5.74) is 1.48. The fraction of sp³-hybridized carbons (Fsp3) is 0.714. The number of fused-ring (bicyclic) bond motifs is 3. The predicted octanol–water partition coefficient (Wildman–Crippen LogP) is 5.90. The number of carbonyl (C=O) groups excluding carboxylic acids is 1. The molecule has 0 bridgehead atoms. The summed E-state index contributed by atoms with van der Waals surface area (Å²) < 4.78 is 0. The second-order valence-corrected chi connectivity index (χ2v) is 11.6. The average molecular weight is 453 g/mol. The number of rotatable bonds is 8. The molecule has 1 amide bonds. The molecule has 7 atom stereocenters. The van der Waals surface area contributed by atoms with Gasteiger partial charge in [-0.3, -0.25) is 15.2 Å². The van der Waals surface area contributed by atoms with E-state index in [2.05, 4.69) is 26.1 Å². The Morgan fingerprint density at radius 1 is 1.15 bits per heavy atom. The number of para-hydroxylation sites is 1. The predicted molar refractivity (Wildman–Crippen MR) is 136 cm³/mol. The van der Waals surface area contributed by atoms with E-state index < -0.39 is 0 Å². The van der Waals surface area contributed by atoms with Crippen molar-refractivity contribution in [2.75, 3.05) is 5.01 Å². The molecule has 4 N–H and O–H groups in total. The Balaban J connectivity index is 1.43. The summed E-state index contributed by atoms with van der Waals surface area (Å²) in [5.74, 6) is 9.72. The van der Waals surface area contributed by atoms with Gasteiger partial charge in [-0.25, -0.2) is 5.84 Å². The lowest BCUT2D eigenvalue weighted by atomic mass is 9.47. The molecule has 0 aliphatic heterocycles. The first-order chi connectivity index (χ1) is 15.8. The number of nitrogens with zero attached hydrogens (tertiary/aromatic N) is 1. The van der Waals surface area contributed by atoms with Crippen LogP contribution < -0.4 is 16.2 Å². The number of hydrogen-bond acceptors (Lipinski definition) is 3. The molecular formula is C28H44N4O. The first-order valence-corrected chi connectivity index (χ1v) is 13.2. The number of anilines is 1. The highest BCUT2D eigenvalue weighted by atomic mass is 16.1. The minimum atomic E-state index is 0.218. The molecule has 0 heterocycles. The van der Waals surface area contributed by atoms with Crippen molar-refractivity contribution in [1.29, 1.82) is 5.41 Å². The van der Waals surface area contributed by atoms with E-state index in [1.165, 1.54) is 44.9 Å². The van der Waals surface area contributed by atoms with Gasteiger partial charge < -0.3 is 5.32 Å². The zero-order chi connectivity index (χ0) is 23.6. The van der Waals surface area contributed by atoms with Crippen molar-refractivity contribution in [3.8, 4) is 0 Å². The third-order valence-electron chi connectivity index (χ3n) is 10.2. The van der Waals surface area contributed by atoms with Gasteiger partial charge in [0.2, 0.25) is 6.41 Å². The molecular weight excluding hydrogens is 408 g/mol. The van der Waals surface area contributed by atoms with Crippen molar-refractivity contribution < 1.29 is 4.79 Å². The van der Waals surface area contributed by atoms with Crippen molar-refractivity contribution in [1.82, 2.24) is 5.32 Å². The number of amidine groups is 1. The number of nitrogens with two attached hydrogens (primary N) is 1. The van der Waals surface area contributed by atoms with Gasteiger partial charge in [-0.1, -0.05) is 45.4 Å². The summed E-state index contributed by atoms with van der Waals surface area (Å²) >= 11 is 0. The van der Waals surface area contributed by atoms with Crippen LogP contribution in [-0.2, 0) is 4.79 Å². The van der Waals surface area contributed by atoms with Crippen LogP contribution in [0.3, 0.4) is 0 Å². The van der Waals surface area contributed by atoms with Crippen molar-refractivity contribution in [2.45, 2.75) is 91.0 Å². The standard InChI is InChI=1S/C28H44N4O/c1-4-17-28(3)24-16-18-27(2)20(10-13-23(27)22(24)12-14-25(28)31-19-33)11-15-26(29)32(30)21-8-6-5-7-9-21/h5-9,19-20,22-25,29H,4,10-18,30H2,1-3H3,(H,31,33). The molecule has 3 fully saturated rings. The van der Waals surface area contributed by atoms with Crippen molar-refractivity contribution in [2.24, 2.45) is 40.3 Å². The van der Waals surface area contributed by atoms with Gasteiger partial charge in [-0.15, -0.1) is 0 Å². The Bertz CT molecular complexity index is 828. The molecule has 5 heteroatoms. The topological polar surface area (TPSA) is 82.2 Å². The summed E-state index contributed by atoms with van der Waals surface area (Å²) in [4.78, 5) is 11.3. The van der Waals surface area contributed by atoms with Gasteiger partial charge in [-0.2, -0.15) is 0 Å². The number of hydrazine groups is 1. The zero-order valence-corrected chi connectivity index (χ0v) is 20.9. The molecule has 0 radical (unpaired) electrons. The highest BCUT2D eigenvalue weighted by Gasteiger charge is 2.59. The second-order valence-electron chi connectivity index (χ2n) is 11.6. The highest BCUT2D eigenvalue weighted by Crippen LogP contribution is 2.65. The molecule has 0 aromatic heterocycles. The van der Waals surface area contributed by atoms with Gasteiger partial charge in [0.05, 0.1) is 5.69 Å². The molecule has 7 unspecified atom stereocenters. The van der Waals surface area contributed by atoms with Crippen LogP contribution in [0.2, 0.25) is 0 Å². The Kier molecular flexibility index (Phi) is 7.18. The number of carbonyl (C=O) groups is 1. The molecule has 33 heavy (non-hydrogen) atoms. The summed E-state index contributed by atoms with van der Waals surface area (Å²) in [6, 6.07) is 10.2. The zero-order valence-electron chi connectivity index (χ0n) is 20.9. The summed E-state index contributed by atoms with van der Waals surface area (Å²) in [6.07, 6.45) is 12.7. The van der Waals surface area contributed by atoms with Gasteiger partial charge in [0, 0.05) is 12.5 Å². The number of hydrogen-bond donors (Lipinski definition) is 3. The average Bonchev–Trinajstić information content (AvgIpc) is 3.16. The lowest BCUT2D eigenvalue weighted by Gasteiger charge is -2.59. The first-order valence-electron chi connectivity index (χ1n) is 13.2. The quantitative estimate of drug-likeness (QED) is 0.151. The van der Waals surface area contributed by atoms with Crippen LogP contribution in [0.1, 0.15) is 85.0 Å². The van der Waals surface area contributed by atoms with Crippen LogP contribution in [0.4, 0.5) is 5.69 Å². The minimum Gasteiger partial charge on any atom is -0.355 e. The van der Waals surface area contributed by atoms with E-state index in [0.29, 0.717) is 23.2 Å². The summed E-state index contributed by atoms with van der Waals surface area (Å²) in [6.45, 7) is 7.31. The van der Waals surface area contributed by atoms with Crippen molar-refractivity contribution in [3.05, 3.63) is 30.3 Å². The molecule has 1 aromatic rings. The summed E-state index contributed by atoms with van der Waals surface area (Å²) in [7, 11) is 0. The van der Waals surface area contributed by atoms with E-state index >= 15 is 0 Å². The van der Waals surface area contributed by atoms with Crippen LogP contribution in [0, 0.1) is 39.9 Å². The molecule has 0 saturated heterocycles. The third kappa shape index (κ3) is 4.34. The van der Waals surface area contributed by atoms with Crippen LogP contribution >= 0.6 is 0 Å². The fourth-order valence-electron chi connectivity index (χ4n) is 8.47. The Morgan fingerprint density at radius 3 is 2.61 bits per heavy atom. The normalized spacial score (nSPS) is 37.6. The molecule has 3 saturated carbocycles.